The molecule has 180 valence electrons. The van der Waals surface area contributed by atoms with Gasteiger partial charge in [0.25, 0.3) is 21.8 Å². The smallest absolute Gasteiger partial charge is 0.265 e. The van der Waals surface area contributed by atoms with E-state index in [-0.39, 0.29) is 10.8 Å². The number of amides is 2. The van der Waals surface area contributed by atoms with E-state index in [9.17, 15) is 18.0 Å². The lowest BCUT2D eigenvalue weighted by Gasteiger charge is -2.23. The molecule has 5 rings (SSSR count). The van der Waals surface area contributed by atoms with E-state index in [4.69, 9.17) is 14.2 Å². The van der Waals surface area contributed by atoms with E-state index in [1.54, 1.807) is 31.2 Å². The molecule has 2 amide bonds. The van der Waals surface area contributed by atoms with Gasteiger partial charge in [0.05, 0.1) is 10.6 Å². The van der Waals surface area contributed by atoms with Crippen molar-refractivity contribution in [2.45, 2.75) is 17.9 Å². The van der Waals surface area contributed by atoms with Gasteiger partial charge in [0.15, 0.2) is 17.6 Å². The fourth-order valence-corrected chi connectivity index (χ4v) is 4.66. The molecule has 0 radical (unpaired) electrons. The summed E-state index contributed by atoms with van der Waals surface area (Å²) in [6.45, 7) is 2.41. The van der Waals surface area contributed by atoms with Crippen molar-refractivity contribution in [1.29, 1.82) is 0 Å². The minimum absolute atomic E-state index is 0.0291. The standard InChI is InChI=1S/C24H21N3O7S/c1-14-23(28)26-19-12-17(6-8-20(19)34-14)25-24(29)15-2-4-16(5-3-15)27-35(30,31)18-7-9-21-22(13-18)33-11-10-32-21/h2-9,12-14,27H,10-11H2,1H3,(H,25,29)(H,26,28). The molecule has 10 nitrogen and oxygen atoms in total. The first kappa shape index (κ1) is 22.5. The molecule has 35 heavy (non-hydrogen) atoms. The van der Waals surface area contributed by atoms with E-state index >= 15 is 0 Å². The van der Waals surface area contributed by atoms with Gasteiger partial charge in [0.2, 0.25) is 0 Å². The number of nitrogens with one attached hydrogen (secondary N) is 3. The van der Waals surface area contributed by atoms with Crippen LogP contribution in [-0.2, 0) is 14.8 Å². The number of benzene rings is 3. The van der Waals surface area contributed by atoms with Gasteiger partial charge >= 0.3 is 0 Å². The second kappa shape index (κ2) is 8.84. The minimum Gasteiger partial charge on any atom is -0.486 e. The second-order valence-corrected chi connectivity index (χ2v) is 9.59. The van der Waals surface area contributed by atoms with Crippen LogP contribution >= 0.6 is 0 Å². The van der Waals surface area contributed by atoms with Crippen molar-refractivity contribution in [3.63, 3.8) is 0 Å². The van der Waals surface area contributed by atoms with Crippen molar-refractivity contribution in [3.8, 4) is 17.2 Å². The van der Waals surface area contributed by atoms with Gasteiger partial charge in [-0.1, -0.05) is 0 Å². The topological polar surface area (TPSA) is 132 Å². The van der Waals surface area contributed by atoms with Crippen molar-refractivity contribution >= 4 is 38.9 Å². The van der Waals surface area contributed by atoms with Crippen LogP contribution in [0.25, 0.3) is 0 Å². The zero-order chi connectivity index (χ0) is 24.6. The Balaban J connectivity index is 1.26. The summed E-state index contributed by atoms with van der Waals surface area (Å²) >= 11 is 0. The lowest BCUT2D eigenvalue weighted by molar-refractivity contribution is -0.122. The summed E-state index contributed by atoms with van der Waals surface area (Å²) in [5.74, 6) is 0.713. The highest BCUT2D eigenvalue weighted by atomic mass is 32.2. The average Bonchev–Trinajstić information content (AvgIpc) is 2.85. The number of hydrogen-bond donors (Lipinski definition) is 3. The summed E-state index contributed by atoms with van der Waals surface area (Å²) in [6.07, 6.45) is -0.589. The first-order valence-corrected chi connectivity index (χ1v) is 12.2. The number of carbonyl (C=O) groups excluding carboxylic acids is 2. The maximum Gasteiger partial charge on any atom is 0.265 e. The van der Waals surface area contributed by atoms with E-state index in [2.05, 4.69) is 15.4 Å². The maximum absolute atomic E-state index is 12.8. The molecule has 0 saturated carbocycles. The fourth-order valence-electron chi connectivity index (χ4n) is 3.58. The van der Waals surface area contributed by atoms with Crippen LogP contribution in [-0.4, -0.2) is 39.5 Å². The Morgan fingerprint density at radius 2 is 1.60 bits per heavy atom. The SMILES string of the molecule is CC1Oc2ccc(NC(=O)c3ccc(NS(=O)(=O)c4ccc5c(c4)OCCO5)cc3)cc2NC1=O. The fraction of sp³-hybridized carbons (Fsp3) is 0.167. The quantitative estimate of drug-likeness (QED) is 0.495. The lowest BCUT2D eigenvalue weighted by atomic mass is 10.1. The number of anilines is 3. The van der Waals surface area contributed by atoms with E-state index in [0.717, 1.165) is 0 Å². The number of sulfonamides is 1. The molecular weight excluding hydrogens is 474 g/mol. The third kappa shape index (κ3) is 4.71. The minimum atomic E-state index is -3.88. The molecular formula is C24H21N3O7S. The highest BCUT2D eigenvalue weighted by molar-refractivity contribution is 7.92. The number of fused-ring (bicyclic) bond motifs is 2. The summed E-state index contributed by atoms with van der Waals surface area (Å²) in [4.78, 5) is 24.5. The van der Waals surface area contributed by atoms with Crippen molar-refractivity contribution in [1.82, 2.24) is 0 Å². The highest BCUT2D eigenvalue weighted by Crippen LogP contribution is 2.33. The predicted octanol–water partition coefficient (Wildman–Crippen LogP) is 3.23. The molecule has 2 aliphatic rings. The van der Waals surface area contributed by atoms with E-state index < -0.39 is 22.0 Å². The zero-order valence-electron chi connectivity index (χ0n) is 18.5. The molecule has 0 aliphatic carbocycles. The van der Waals surface area contributed by atoms with Crippen LogP contribution in [0.4, 0.5) is 17.1 Å². The van der Waals surface area contributed by atoms with Crippen molar-refractivity contribution in [3.05, 3.63) is 66.2 Å². The molecule has 1 unspecified atom stereocenters. The molecule has 0 saturated heterocycles. The molecule has 3 aromatic carbocycles. The maximum atomic E-state index is 12.8. The van der Waals surface area contributed by atoms with Crippen LogP contribution in [0, 0.1) is 0 Å². The first-order valence-electron chi connectivity index (χ1n) is 10.7. The highest BCUT2D eigenvalue weighted by Gasteiger charge is 2.24. The number of carbonyl (C=O) groups is 2. The van der Waals surface area contributed by atoms with Crippen LogP contribution in [0.5, 0.6) is 17.2 Å². The lowest BCUT2D eigenvalue weighted by Crippen LogP contribution is -2.34. The van der Waals surface area contributed by atoms with Gasteiger partial charge in [0.1, 0.15) is 19.0 Å². The normalized spacial score (nSPS) is 16.4. The molecule has 3 N–H and O–H groups in total. The Morgan fingerprint density at radius 1 is 0.914 bits per heavy atom. The molecule has 1 atom stereocenters. The van der Waals surface area contributed by atoms with Crippen molar-refractivity contribution < 1.29 is 32.2 Å². The molecule has 3 aromatic rings. The van der Waals surface area contributed by atoms with Gasteiger partial charge in [-0.25, -0.2) is 8.42 Å². The average molecular weight is 496 g/mol. The van der Waals surface area contributed by atoms with Crippen molar-refractivity contribution in [2.75, 3.05) is 28.6 Å². The Hall–Kier alpha value is -4.25. The molecule has 2 heterocycles. The number of ether oxygens (including phenoxy) is 3. The zero-order valence-corrected chi connectivity index (χ0v) is 19.3. The Kier molecular flexibility index (Phi) is 5.69. The summed E-state index contributed by atoms with van der Waals surface area (Å²) < 4.78 is 44.4. The van der Waals surface area contributed by atoms with Crippen LogP contribution in [0.3, 0.4) is 0 Å². The molecule has 0 bridgehead atoms. The molecule has 2 aliphatic heterocycles. The van der Waals surface area contributed by atoms with E-state index in [1.807, 2.05) is 0 Å². The monoisotopic (exact) mass is 495 g/mol. The van der Waals surface area contributed by atoms with E-state index in [1.165, 1.54) is 36.4 Å². The summed E-state index contributed by atoms with van der Waals surface area (Å²) in [6, 6.07) is 15.3. The Bertz CT molecular complexity index is 1420. The third-order valence-electron chi connectivity index (χ3n) is 5.39. The van der Waals surface area contributed by atoms with Crippen LogP contribution in [0.1, 0.15) is 17.3 Å². The first-order chi connectivity index (χ1) is 16.8. The third-order valence-corrected chi connectivity index (χ3v) is 6.77. The van der Waals surface area contributed by atoms with Gasteiger partial charge in [-0.3, -0.25) is 14.3 Å². The largest absolute Gasteiger partial charge is 0.486 e. The Morgan fingerprint density at radius 3 is 2.37 bits per heavy atom. The Labute approximate surface area is 201 Å². The van der Waals surface area contributed by atoms with Crippen LogP contribution in [0.15, 0.2) is 65.6 Å². The second-order valence-electron chi connectivity index (χ2n) is 7.90. The number of rotatable bonds is 5. The summed E-state index contributed by atoms with van der Waals surface area (Å²) in [5, 5.41) is 5.47. The van der Waals surface area contributed by atoms with Gasteiger partial charge in [0, 0.05) is 23.0 Å². The molecule has 0 fully saturated rings. The molecule has 0 spiro atoms. The van der Waals surface area contributed by atoms with Crippen molar-refractivity contribution in [2.24, 2.45) is 0 Å². The van der Waals surface area contributed by atoms with Gasteiger partial charge in [-0.05, 0) is 61.5 Å². The molecule has 0 aromatic heterocycles. The number of hydrogen-bond acceptors (Lipinski definition) is 7. The predicted molar refractivity (Wildman–Crippen MR) is 128 cm³/mol. The summed E-state index contributed by atoms with van der Waals surface area (Å²) in [5.41, 5.74) is 1.54. The van der Waals surface area contributed by atoms with Gasteiger partial charge in [-0.15, -0.1) is 0 Å². The summed E-state index contributed by atoms with van der Waals surface area (Å²) in [7, 11) is -3.88. The molecule has 11 heteroatoms. The van der Waals surface area contributed by atoms with Crippen LogP contribution < -0.4 is 29.6 Å². The van der Waals surface area contributed by atoms with E-state index in [0.29, 0.717) is 53.1 Å². The van der Waals surface area contributed by atoms with Gasteiger partial charge in [-0.2, -0.15) is 0 Å². The van der Waals surface area contributed by atoms with Crippen LogP contribution in [0.2, 0.25) is 0 Å². The van der Waals surface area contributed by atoms with Gasteiger partial charge < -0.3 is 24.8 Å².